The molecule has 0 amide bonds. The van der Waals surface area contributed by atoms with Crippen LogP contribution >= 0.6 is 0 Å². The summed E-state index contributed by atoms with van der Waals surface area (Å²) in [5.74, 6) is 0.0914. The summed E-state index contributed by atoms with van der Waals surface area (Å²) in [5, 5.41) is 0.900. The highest BCUT2D eigenvalue weighted by Crippen LogP contribution is 2.14. The fourth-order valence-electron chi connectivity index (χ4n) is 2.15. The zero-order valence-corrected chi connectivity index (χ0v) is 13.1. The number of pyridine rings is 1. The molecule has 0 bridgehead atoms. The van der Waals surface area contributed by atoms with Crippen LogP contribution in [0.15, 0.2) is 29.1 Å². The van der Waals surface area contributed by atoms with E-state index in [9.17, 15) is 13.2 Å². The first-order valence-electron chi connectivity index (χ1n) is 7.02. The number of unbranched alkanes of at least 4 members (excludes halogenated alkanes) is 1. The molecule has 1 aromatic heterocycles. The van der Waals surface area contributed by atoms with E-state index in [1.807, 2.05) is 32.0 Å². The number of rotatable bonds is 6. The van der Waals surface area contributed by atoms with Gasteiger partial charge in [0.2, 0.25) is 10.0 Å². The van der Waals surface area contributed by atoms with Crippen LogP contribution in [0.1, 0.15) is 30.9 Å². The third-order valence-electron chi connectivity index (χ3n) is 3.41. The fourth-order valence-corrected chi connectivity index (χ4v) is 3.34. The molecule has 0 saturated carbocycles. The summed E-state index contributed by atoms with van der Waals surface area (Å²) in [6.07, 6.45) is 1.43. The summed E-state index contributed by atoms with van der Waals surface area (Å²) >= 11 is 0. The largest absolute Gasteiger partial charge is 0.321 e. The molecule has 0 spiro atoms. The molecule has 2 N–H and O–H groups in total. The molecule has 114 valence electrons. The van der Waals surface area contributed by atoms with E-state index in [4.69, 9.17) is 0 Å². The molecule has 6 heteroatoms. The van der Waals surface area contributed by atoms with Gasteiger partial charge >= 0.3 is 0 Å². The molecule has 0 atom stereocenters. The van der Waals surface area contributed by atoms with E-state index in [2.05, 4.69) is 9.71 Å². The lowest BCUT2D eigenvalue weighted by Crippen LogP contribution is -2.28. The lowest BCUT2D eigenvalue weighted by molar-refractivity contribution is 0.577. The number of benzene rings is 1. The van der Waals surface area contributed by atoms with Gasteiger partial charge in [-0.2, -0.15) is 0 Å². The van der Waals surface area contributed by atoms with Gasteiger partial charge in [0.1, 0.15) is 0 Å². The van der Waals surface area contributed by atoms with Crippen molar-refractivity contribution < 1.29 is 8.42 Å². The average Bonchev–Trinajstić information content (AvgIpc) is 2.44. The van der Waals surface area contributed by atoms with Crippen molar-refractivity contribution in [1.29, 1.82) is 0 Å². The van der Waals surface area contributed by atoms with Crippen LogP contribution in [0, 0.1) is 6.92 Å². The Balaban J connectivity index is 2.24. The average molecular weight is 308 g/mol. The Morgan fingerprint density at radius 3 is 2.76 bits per heavy atom. The van der Waals surface area contributed by atoms with Crippen LogP contribution in [0.2, 0.25) is 0 Å². The molecule has 0 fully saturated rings. The van der Waals surface area contributed by atoms with Crippen LogP contribution in [0.4, 0.5) is 0 Å². The van der Waals surface area contributed by atoms with Crippen LogP contribution in [0.5, 0.6) is 0 Å². The van der Waals surface area contributed by atoms with Crippen LogP contribution in [-0.2, 0) is 16.6 Å². The Labute approximate surface area is 124 Å². The fraction of sp³-hybridized carbons (Fsp3) is 0.400. The second-order valence-electron chi connectivity index (χ2n) is 5.16. The van der Waals surface area contributed by atoms with Gasteiger partial charge in [0.05, 0.1) is 11.3 Å². The molecule has 2 rings (SSSR count). The Bertz CT molecular complexity index is 794. The number of aromatic nitrogens is 1. The second kappa shape index (κ2) is 6.41. The smallest absolute Gasteiger partial charge is 0.252 e. The Kier molecular flexibility index (Phi) is 4.80. The number of aromatic amines is 1. The van der Waals surface area contributed by atoms with Crippen LogP contribution in [0.25, 0.3) is 10.9 Å². The minimum Gasteiger partial charge on any atom is -0.321 e. The molecule has 1 aromatic carbocycles. The lowest BCUT2D eigenvalue weighted by Gasteiger charge is -2.07. The molecule has 0 aliphatic heterocycles. The highest BCUT2D eigenvalue weighted by Gasteiger charge is 2.11. The maximum atomic E-state index is 12.0. The van der Waals surface area contributed by atoms with Crippen LogP contribution in [-0.4, -0.2) is 19.2 Å². The topological polar surface area (TPSA) is 79.0 Å². The Hall–Kier alpha value is -1.66. The molecular formula is C15H20N2O3S. The maximum Gasteiger partial charge on any atom is 0.252 e. The van der Waals surface area contributed by atoms with Crippen molar-refractivity contribution in [3.63, 3.8) is 0 Å². The van der Waals surface area contributed by atoms with Crippen LogP contribution < -0.4 is 10.3 Å². The molecule has 1 heterocycles. The summed E-state index contributed by atoms with van der Waals surface area (Å²) in [4.78, 5) is 14.8. The summed E-state index contributed by atoms with van der Waals surface area (Å²) < 4.78 is 26.0. The number of sulfonamides is 1. The van der Waals surface area contributed by atoms with Gasteiger partial charge in [-0.3, -0.25) is 4.79 Å². The normalized spacial score (nSPS) is 11.9. The van der Waals surface area contributed by atoms with E-state index in [0.717, 1.165) is 22.9 Å². The zero-order valence-electron chi connectivity index (χ0n) is 12.3. The summed E-state index contributed by atoms with van der Waals surface area (Å²) in [6.45, 7) is 3.88. The molecule has 5 nitrogen and oxygen atoms in total. The molecule has 0 unspecified atom stereocenters. The number of para-hydroxylation sites is 1. The number of aryl methyl sites for hydroxylation is 1. The predicted octanol–water partition coefficient (Wildman–Crippen LogP) is 2.06. The van der Waals surface area contributed by atoms with E-state index in [1.54, 1.807) is 6.07 Å². The molecule has 0 radical (unpaired) electrons. The Morgan fingerprint density at radius 1 is 1.29 bits per heavy atom. The molecule has 0 saturated heterocycles. The molecular weight excluding hydrogens is 288 g/mol. The van der Waals surface area contributed by atoms with Gasteiger partial charge in [-0.1, -0.05) is 31.5 Å². The van der Waals surface area contributed by atoms with Gasteiger partial charge in [-0.25, -0.2) is 13.1 Å². The first-order valence-corrected chi connectivity index (χ1v) is 8.67. The van der Waals surface area contributed by atoms with E-state index in [0.29, 0.717) is 12.0 Å². The van der Waals surface area contributed by atoms with E-state index >= 15 is 0 Å². The van der Waals surface area contributed by atoms with Gasteiger partial charge < -0.3 is 4.98 Å². The van der Waals surface area contributed by atoms with Crippen molar-refractivity contribution in [3.8, 4) is 0 Å². The third kappa shape index (κ3) is 3.92. The number of fused-ring (bicyclic) bond motifs is 1. The number of hydrogen-bond acceptors (Lipinski definition) is 3. The SMILES string of the molecule is CCCCS(=O)(=O)NCc1cc2cccc(C)c2[nH]c1=O. The van der Waals surface area contributed by atoms with Crippen molar-refractivity contribution in [2.24, 2.45) is 0 Å². The highest BCUT2D eigenvalue weighted by atomic mass is 32.2. The van der Waals surface area contributed by atoms with Crippen molar-refractivity contribution in [3.05, 3.63) is 45.7 Å². The lowest BCUT2D eigenvalue weighted by atomic mass is 10.1. The monoisotopic (exact) mass is 308 g/mol. The van der Waals surface area contributed by atoms with Gasteiger partial charge in [0.15, 0.2) is 0 Å². The Morgan fingerprint density at radius 2 is 2.05 bits per heavy atom. The maximum absolute atomic E-state index is 12.0. The van der Waals surface area contributed by atoms with Crippen molar-refractivity contribution in [2.75, 3.05) is 5.75 Å². The summed E-state index contributed by atoms with van der Waals surface area (Å²) in [5.41, 5.74) is 1.95. The van der Waals surface area contributed by atoms with Crippen molar-refractivity contribution >= 4 is 20.9 Å². The highest BCUT2D eigenvalue weighted by molar-refractivity contribution is 7.89. The predicted molar refractivity (Wildman–Crippen MR) is 84.8 cm³/mol. The first kappa shape index (κ1) is 15.7. The quantitative estimate of drug-likeness (QED) is 0.857. The van der Waals surface area contributed by atoms with Gasteiger partial charge in [0.25, 0.3) is 5.56 Å². The number of H-pyrrole nitrogens is 1. The third-order valence-corrected chi connectivity index (χ3v) is 4.82. The first-order chi connectivity index (χ1) is 9.93. The minimum absolute atomic E-state index is 0.0191. The summed E-state index contributed by atoms with van der Waals surface area (Å²) in [7, 11) is -3.32. The van der Waals surface area contributed by atoms with E-state index in [1.165, 1.54) is 0 Å². The molecule has 0 aliphatic carbocycles. The minimum atomic E-state index is -3.32. The number of hydrogen-bond donors (Lipinski definition) is 2. The van der Waals surface area contributed by atoms with Crippen LogP contribution in [0.3, 0.4) is 0 Å². The molecule has 0 aliphatic rings. The standard InChI is InChI=1S/C15H20N2O3S/c1-3-4-8-21(19,20)16-10-13-9-12-7-5-6-11(2)14(12)17-15(13)18/h5-7,9,16H,3-4,8,10H2,1-2H3,(H,17,18). The van der Waals surface area contributed by atoms with E-state index in [-0.39, 0.29) is 17.9 Å². The zero-order chi connectivity index (χ0) is 15.5. The van der Waals surface area contributed by atoms with Crippen molar-refractivity contribution in [1.82, 2.24) is 9.71 Å². The number of nitrogens with one attached hydrogen (secondary N) is 2. The van der Waals surface area contributed by atoms with Gasteiger partial charge in [-0.05, 0) is 30.4 Å². The van der Waals surface area contributed by atoms with E-state index < -0.39 is 10.0 Å². The molecule has 2 aromatic rings. The second-order valence-corrected chi connectivity index (χ2v) is 7.08. The van der Waals surface area contributed by atoms with Crippen molar-refractivity contribution in [2.45, 2.75) is 33.2 Å². The summed E-state index contributed by atoms with van der Waals surface area (Å²) in [6, 6.07) is 7.47. The van der Waals surface area contributed by atoms with Gasteiger partial charge in [-0.15, -0.1) is 0 Å². The van der Waals surface area contributed by atoms with Gasteiger partial charge in [0, 0.05) is 12.1 Å². The molecule has 21 heavy (non-hydrogen) atoms.